The topological polar surface area (TPSA) is 15.6 Å². The summed E-state index contributed by atoms with van der Waals surface area (Å²) in [6.45, 7) is 8.59. The fraction of sp³-hybridized carbons (Fsp3) is 0.824. The summed E-state index contributed by atoms with van der Waals surface area (Å²) in [7, 11) is 0. The first kappa shape index (κ1) is 17.9. The van der Waals surface area contributed by atoms with E-state index in [-0.39, 0.29) is 11.7 Å². The van der Waals surface area contributed by atoms with Gasteiger partial charge < -0.3 is 0 Å². The molecule has 0 N–H and O–H groups in total. The predicted molar refractivity (Wildman–Crippen MR) is 91.8 cm³/mol. The molecule has 0 aromatic heterocycles. The van der Waals surface area contributed by atoms with Crippen LogP contribution in [0, 0.1) is 11.8 Å². The van der Waals surface area contributed by atoms with E-state index >= 15 is 0 Å². The van der Waals surface area contributed by atoms with Gasteiger partial charge in [0.25, 0.3) is 0 Å². The Labute approximate surface area is 137 Å². The van der Waals surface area contributed by atoms with Crippen molar-refractivity contribution in [1.29, 1.82) is 0 Å². The van der Waals surface area contributed by atoms with Crippen LogP contribution in [0.3, 0.4) is 0 Å². The number of alkyl halides is 2. The summed E-state index contributed by atoms with van der Waals surface area (Å²) < 4.78 is 24.9. The van der Waals surface area contributed by atoms with Crippen LogP contribution in [-0.4, -0.2) is 43.4 Å². The molecular formula is C17H28F2N2S. The zero-order valence-corrected chi connectivity index (χ0v) is 14.4. The highest BCUT2D eigenvalue weighted by Crippen LogP contribution is 2.34. The van der Waals surface area contributed by atoms with Gasteiger partial charge in [0.2, 0.25) is 6.43 Å². The standard InChI is InChI=1S/C17H28F2N2S/c1-13-10-21(9-8-14-6-4-3-5-7-14)11-15(20-2)17(13)22-12-16(18)19/h13-14,16H,2-12H2,1H3. The molecule has 0 spiro atoms. The highest BCUT2D eigenvalue weighted by Gasteiger charge is 2.26. The third kappa shape index (κ3) is 5.34. The van der Waals surface area contributed by atoms with E-state index in [1.54, 1.807) is 0 Å². The molecule has 22 heavy (non-hydrogen) atoms. The van der Waals surface area contributed by atoms with Crippen molar-refractivity contribution in [3.63, 3.8) is 0 Å². The zero-order chi connectivity index (χ0) is 15.9. The third-order valence-corrected chi connectivity index (χ3v) is 6.14. The van der Waals surface area contributed by atoms with Crippen LogP contribution in [0.1, 0.15) is 45.4 Å². The molecule has 1 saturated carbocycles. The van der Waals surface area contributed by atoms with Crippen LogP contribution < -0.4 is 0 Å². The molecule has 5 heteroatoms. The van der Waals surface area contributed by atoms with Gasteiger partial charge in [-0.3, -0.25) is 9.89 Å². The summed E-state index contributed by atoms with van der Waals surface area (Å²) in [6, 6.07) is 0. The van der Waals surface area contributed by atoms with Crippen LogP contribution in [0.5, 0.6) is 0 Å². The SMILES string of the molecule is C=NC1=C(SCC(F)F)C(C)CN(CCC2CCCCC2)C1. The lowest BCUT2D eigenvalue weighted by Gasteiger charge is -2.34. The van der Waals surface area contributed by atoms with Crippen LogP contribution in [0.25, 0.3) is 0 Å². The molecular weight excluding hydrogens is 302 g/mol. The fourth-order valence-electron chi connectivity index (χ4n) is 3.63. The fourth-order valence-corrected chi connectivity index (χ4v) is 4.59. The number of hydrogen-bond donors (Lipinski definition) is 0. The molecule has 0 radical (unpaired) electrons. The predicted octanol–water partition coefficient (Wildman–Crippen LogP) is 4.82. The summed E-state index contributed by atoms with van der Waals surface area (Å²) in [4.78, 5) is 7.57. The first-order valence-electron chi connectivity index (χ1n) is 8.43. The molecule has 0 amide bonds. The minimum Gasteiger partial charge on any atom is -0.297 e. The minimum absolute atomic E-state index is 0.138. The van der Waals surface area contributed by atoms with Crippen molar-refractivity contribution in [3.8, 4) is 0 Å². The molecule has 0 saturated heterocycles. The largest absolute Gasteiger partial charge is 0.297 e. The highest BCUT2D eigenvalue weighted by atomic mass is 32.2. The summed E-state index contributed by atoms with van der Waals surface area (Å²) in [5, 5.41) is 0. The van der Waals surface area contributed by atoms with Gasteiger partial charge in [-0.25, -0.2) is 8.78 Å². The van der Waals surface area contributed by atoms with Crippen LogP contribution in [0.15, 0.2) is 15.6 Å². The van der Waals surface area contributed by atoms with Gasteiger partial charge in [-0.15, -0.1) is 11.8 Å². The van der Waals surface area contributed by atoms with E-state index < -0.39 is 6.43 Å². The molecule has 126 valence electrons. The van der Waals surface area contributed by atoms with E-state index in [9.17, 15) is 8.78 Å². The van der Waals surface area contributed by atoms with Crippen molar-refractivity contribution < 1.29 is 8.78 Å². The number of aliphatic imine (C=N–C) groups is 1. The average molecular weight is 330 g/mol. The molecule has 2 rings (SSSR count). The van der Waals surface area contributed by atoms with E-state index in [0.29, 0.717) is 0 Å². The van der Waals surface area contributed by atoms with Gasteiger partial charge in [0.15, 0.2) is 0 Å². The Morgan fingerprint density at radius 2 is 2.05 bits per heavy atom. The van der Waals surface area contributed by atoms with Crippen LogP contribution in [0.2, 0.25) is 0 Å². The maximum atomic E-state index is 12.5. The average Bonchev–Trinajstić information content (AvgIpc) is 2.52. The summed E-state index contributed by atoms with van der Waals surface area (Å²) in [6.07, 6.45) is 5.91. The first-order chi connectivity index (χ1) is 10.6. The second kappa shape index (κ2) is 9.02. The van der Waals surface area contributed by atoms with Gasteiger partial charge in [-0.05, 0) is 25.6 Å². The van der Waals surface area contributed by atoms with Crippen molar-refractivity contribution >= 4 is 18.5 Å². The molecule has 1 heterocycles. The lowest BCUT2D eigenvalue weighted by molar-refractivity contribution is 0.176. The van der Waals surface area contributed by atoms with E-state index in [1.807, 2.05) is 0 Å². The second-order valence-electron chi connectivity index (χ2n) is 6.60. The Morgan fingerprint density at radius 1 is 1.32 bits per heavy atom. The van der Waals surface area contributed by atoms with Crippen molar-refractivity contribution in [2.75, 3.05) is 25.4 Å². The smallest absolute Gasteiger partial charge is 0.247 e. The molecule has 2 aliphatic rings. The van der Waals surface area contributed by atoms with Gasteiger partial charge in [-0.1, -0.05) is 39.0 Å². The molecule has 0 aromatic rings. The number of halogens is 2. The Kier molecular flexibility index (Phi) is 7.35. The Hall–Kier alpha value is -0.420. The summed E-state index contributed by atoms with van der Waals surface area (Å²) in [5.74, 6) is 1.02. The van der Waals surface area contributed by atoms with Gasteiger partial charge >= 0.3 is 0 Å². The van der Waals surface area contributed by atoms with Gasteiger partial charge in [-0.2, -0.15) is 0 Å². The Bertz CT molecular complexity index is 392. The quantitative estimate of drug-likeness (QED) is 0.622. The van der Waals surface area contributed by atoms with E-state index in [2.05, 4.69) is 23.5 Å². The van der Waals surface area contributed by atoms with E-state index in [1.165, 1.54) is 50.3 Å². The molecule has 1 aliphatic heterocycles. The van der Waals surface area contributed by atoms with Crippen molar-refractivity contribution in [1.82, 2.24) is 4.90 Å². The monoisotopic (exact) mass is 330 g/mol. The molecule has 1 atom stereocenters. The van der Waals surface area contributed by atoms with E-state index in [4.69, 9.17) is 0 Å². The molecule has 1 fully saturated rings. The van der Waals surface area contributed by atoms with Crippen molar-refractivity contribution in [2.24, 2.45) is 16.8 Å². The first-order valence-corrected chi connectivity index (χ1v) is 9.41. The Morgan fingerprint density at radius 3 is 2.68 bits per heavy atom. The summed E-state index contributed by atoms with van der Waals surface area (Å²) >= 11 is 1.26. The molecule has 1 aliphatic carbocycles. The van der Waals surface area contributed by atoms with Gasteiger partial charge in [0.05, 0.1) is 11.4 Å². The number of hydrogen-bond acceptors (Lipinski definition) is 3. The van der Waals surface area contributed by atoms with Crippen molar-refractivity contribution in [3.05, 3.63) is 10.6 Å². The second-order valence-corrected chi connectivity index (χ2v) is 7.66. The molecule has 2 nitrogen and oxygen atoms in total. The molecule has 0 bridgehead atoms. The van der Waals surface area contributed by atoms with Crippen LogP contribution in [0.4, 0.5) is 8.78 Å². The van der Waals surface area contributed by atoms with Gasteiger partial charge in [0, 0.05) is 23.9 Å². The maximum absolute atomic E-state index is 12.5. The number of thioether (sulfide) groups is 1. The lowest BCUT2D eigenvalue weighted by atomic mass is 9.87. The third-order valence-electron chi connectivity index (χ3n) is 4.77. The lowest BCUT2D eigenvalue weighted by Crippen LogP contribution is -2.37. The minimum atomic E-state index is -2.26. The molecule has 1 unspecified atom stereocenters. The summed E-state index contributed by atoms with van der Waals surface area (Å²) in [5.41, 5.74) is 0.910. The molecule has 0 aromatic carbocycles. The van der Waals surface area contributed by atoms with Gasteiger partial charge in [0.1, 0.15) is 0 Å². The number of rotatable bonds is 7. The normalized spacial score (nSPS) is 25.0. The van der Waals surface area contributed by atoms with Crippen molar-refractivity contribution in [2.45, 2.75) is 51.9 Å². The maximum Gasteiger partial charge on any atom is 0.247 e. The van der Waals surface area contributed by atoms with Crippen LogP contribution >= 0.6 is 11.8 Å². The van der Waals surface area contributed by atoms with E-state index in [0.717, 1.165) is 36.2 Å². The highest BCUT2D eigenvalue weighted by molar-refractivity contribution is 8.03. The Balaban J connectivity index is 1.87. The zero-order valence-electron chi connectivity index (χ0n) is 13.6. The van der Waals surface area contributed by atoms with Crippen LogP contribution in [-0.2, 0) is 0 Å². The number of nitrogens with zero attached hydrogens (tertiary/aromatic N) is 2.